The molecule has 1 aliphatic carbocycles. The standard InChI is InChI=1S/C15H21NO3/c1-15(2,3)19-14(18)16-12-6-4-11-9-13(17)7-5-10(11)8-12/h5,7,9,12,17H,4,6,8H2,1-3H3,(H,16,18). The third-order valence-electron chi connectivity index (χ3n) is 3.14. The summed E-state index contributed by atoms with van der Waals surface area (Å²) in [5.74, 6) is 0.303. The number of phenolic OH excluding ortho intramolecular Hbond substituents is 1. The Labute approximate surface area is 113 Å². The van der Waals surface area contributed by atoms with Gasteiger partial charge in [-0.15, -0.1) is 0 Å². The van der Waals surface area contributed by atoms with Crippen LogP contribution in [0.2, 0.25) is 0 Å². The summed E-state index contributed by atoms with van der Waals surface area (Å²) in [7, 11) is 0. The Morgan fingerprint density at radius 2 is 2.11 bits per heavy atom. The maximum absolute atomic E-state index is 11.7. The highest BCUT2D eigenvalue weighted by atomic mass is 16.6. The molecule has 1 aromatic carbocycles. The number of fused-ring (bicyclic) bond motifs is 1. The van der Waals surface area contributed by atoms with Crippen molar-refractivity contribution in [3.05, 3.63) is 29.3 Å². The predicted octanol–water partition coefficient (Wildman–Crippen LogP) is 2.77. The molecular weight excluding hydrogens is 242 g/mol. The zero-order valence-corrected chi connectivity index (χ0v) is 11.7. The van der Waals surface area contributed by atoms with Gasteiger partial charge in [0, 0.05) is 6.04 Å². The number of phenols is 1. The number of rotatable bonds is 1. The van der Waals surface area contributed by atoms with Crippen LogP contribution in [0.1, 0.15) is 38.3 Å². The van der Waals surface area contributed by atoms with Crippen molar-refractivity contribution >= 4 is 6.09 Å². The lowest BCUT2D eigenvalue weighted by Gasteiger charge is -2.27. The summed E-state index contributed by atoms with van der Waals surface area (Å²) in [5, 5.41) is 12.3. The fourth-order valence-electron chi connectivity index (χ4n) is 2.34. The van der Waals surface area contributed by atoms with Crippen molar-refractivity contribution in [3.8, 4) is 5.75 Å². The Bertz CT molecular complexity index is 477. The summed E-state index contributed by atoms with van der Waals surface area (Å²) in [4.78, 5) is 11.7. The number of amides is 1. The van der Waals surface area contributed by atoms with Crippen molar-refractivity contribution in [1.82, 2.24) is 5.32 Å². The lowest BCUT2D eigenvalue weighted by molar-refractivity contribution is 0.0500. The summed E-state index contributed by atoms with van der Waals surface area (Å²) >= 11 is 0. The quantitative estimate of drug-likeness (QED) is 0.819. The fraction of sp³-hybridized carbons (Fsp3) is 0.533. The average molecular weight is 263 g/mol. The number of alkyl carbamates (subject to hydrolysis) is 1. The van der Waals surface area contributed by atoms with Crippen molar-refractivity contribution in [3.63, 3.8) is 0 Å². The first kappa shape index (κ1) is 13.7. The molecule has 4 nitrogen and oxygen atoms in total. The monoisotopic (exact) mass is 263 g/mol. The smallest absolute Gasteiger partial charge is 0.407 e. The second kappa shape index (κ2) is 5.11. The number of aromatic hydroxyl groups is 1. The van der Waals surface area contributed by atoms with Gasteiger partial charge in [-0.25, -0.2) is 4.79 Å². The van der Waals surface area contributed by atoms with Crippen LogP contribution in [0.5, 0.6) is 5.75 Å². The lowest BCUT2D eigenvalue weighted by Crippen LogP contribution is -2.41. The van der Waals surface area contributed by atoms with E-state index in [9.17, 15) is 9.90 Å². The molecule has 0 aliphatic heterocycles. The van der Waals surface area contributed by atoms with E-state index in [2.05, 4.69) is 5.32 Å². The van der Waals surface area contributed by atoms with Crippen LogP contribution in [0.3, 0.4) is 0 Å². The second-order valence-corrected chi connectivity index (χ2v) is 6.04. The Morgan fingerprint density at radius 3 is 2.79 bits per heavy atom. The number of carbonyl (C=O) groups excluding carboxylic acids is 1. The topological polar surface area (TPSA) is 58.6 Å². The van der Waals surface area contributed by atoms with Gasteiger partial charge in [0.15, 0.2) is 0 Å². The van der Waals surface area contributed by atoms with Gasteiger partial charge >= 0.3 is 6.09 Å². The number of ether oxygens (including phenoxy) is 1. The molecule has 0 saturated heterocycles. The zero-order chi connectivity index (χ0) is 14.0. The number of benzene rings is 1. The highest BCUT2D eigenvalue weighted by Crippen LogP contribution is 2.25. The van der Waals surface area contributed by atoms with Crippen molar-refractivity contribution in [2.75, 3.05) is 0 Å². The van der Waals surface area contributed by atoms with E-state index in [0.29, 0.717) is 5.75 Å². The molecule has 104 valence electrons. The number of carbonyl (C=O) groups is 1. The number of nitrogens with one attached hydrogen (secondary N) is 1. The van der Waals surface area contributed by atoms with Crippen molar-refractivity contribution in [2.24, 2.45) is 0 Å². The van der Waals surface area contributed by atoms with Gasteiger partial charge in [0.1, 0.15) is 11.4 Å². The molecule has 2 rings (SSSR count). The maximum atomic E-state index is 11.7. The first-order valence-corrected chi connectivity index (χ1v) is 6.64. The summed E-state index contributed by atoms with van der Waals surface area (Å²) in [6.07, 6.45) is 2.16. The fourth-order valence-corrected chi connectivity index (χ4v) is 2.34. The Balaban J connectivity index is 1.95. The first-order chi connectivity index (χ1) is 8.83. The summed E-state index contributed by atoms with van der Waals surface area (Å²) < 4.78 is 5.26. The SMILES string of the molecule is CC(C)(C)OC(=O)NC1CCc2cc(O)ccc2C1. The van der Waals surface area contributed by atoms with Crippen LogP contribution < -0.4 is 5.32 Å². The van der Waals surface area contributed by atoms with E-state index in [1.807, 2.05) is 26.8 Å². The molecule has 2 N–H and O–H groups in total. The van der Waals surface area contributed by atoms with E-state index in [1.165, 1.54) is 11.1 Å². The maximum Gasteiger partial charge on any atom is 0.407 e. The first-order valence-electron chi connectivity index (χ1n) is 6.64. The molecule has 1 aromatic rings. The minimum atomic E-state index is -0.470. The molecular formula is C15H21NO3. The molecule has 1 aliphatic rings. The number of hydrogen-bond donors (Lipinski definition) is 2. The summed E-state index contributed by atoms with van der Waals surface area (Å²) in [6.45, 7) is 5.56. The van der Waals surface area contributed by atoms with Gasteiger partial charge in [0.25, 0.3) is 0 Å². The van der Waals surface area contributed by atoms with Crippen LogP contribution >= 0.6 is 0 Å². The van der Waals surface area contributed by atoms with Crippen LogP contribution in [-0.4, -0.2) is 22.8 Å². The Hall–Kier alpha value is -1.71. The van der Waals surface area contributed by atoms with Gasteiger partial charge in [-0.1, -0.05) is 6.07 Å². The molecule has 0 bridgehead atoms. The Morgan fingerprint density at radius 1 is 1.37 bits per heavy atom. The van der Waals surface area contributed by atoms with Crippen LogP contribution in [0.15, 0.2) is 18.2 Å². The van der Waals surface area contributed by atoms with E-state index >= 15 is 0 Å². The molecule has 0 fully saturated rings. The molecule has 0 spiro atoms. The van der Waals surface area contributed by atoms with Crippen LogP contribution in [0.25, 0.3) is 0 Å². The minimum absolute atomic E-state index is 0.104. The van der Waals surface area contributed by atoms with Gasteiger partial charge in [-0.3, -0.25) is 0 Å². The molecule has 4 heteroatoms. The minimum Gasteiger partial charge on any atom is -0.508 e. The molecule has 1 unspecified atom stereocenters. The zero-order valence-electron chi connectivity index (χ0n) is 11.7. The van der Waals surface area contributed by atoms with Crippen LogP contribution in [0.4, 0.5) is 4.79 Å². The number of hydrogen-bond acceptors (Lipinski definition) is 3. The van der Waals surface area contributed by atoms with Crippen molar-refractivity contribution < 1.29 is 14.6 Å². The Kier molecular flexibility index (Phi) is 3.69. The summed E-state index contributed by atoms with van der Waals surface area (Å²) in [6, 6.07) is 5.52. The normalized spacial score (nSPS) is 18.6. The molecule has 19 heavy (non-hydrogen) atoms. The van der Waals surface area contributed by atoms with Gasteiger partial charge < -0.3 is 15.2 Å². The molecule has 0 aromatic heterocycles. The van der Waals surface area contributed by atoms with Crippen molar-refractivity contribution in [1.29, 1.82) is 0 Å². The summed E-state index contributed by atoms with van der Waals surface area (Å²) in [5.41, 5.74) is 1.88. The molecule has 0 radical (unpaired) electrons. The van der Waals surface area contributed by atoms with Gasteiger partial charge in [-0.05, 0) is 63.3 Å². The van der Waals surface area contributed by atoms with Crippen LogP contribution in [0, 0.1) is 0 Å². The lowest BCUT2D eigenvalue weighted by atomic mass is 9.88. The average Bonchev–Trinajstić information content (AvgIpc) is 2.26. The number of aryl methyl sites for hydroxylation is 1. The van der Waals surface area contributed by atoms with Gasteiger partial charge in [-0.2, -0.15) is 0 Å². The van der Waals surface area contributed by atoms with Gasteiger partial charge in [0.05, 0.1) is 0 Å². The molecule has 1 atom stereocenters. The van der Waals surface area contributed by atoms with Gasteiger partial charge in [0.2, 0.25) is 0 Å². The molecule has 0 heterocycles. The van der Waals surface area contributed by atoms with E-state index in [4.69, 9.17) is 4.74 Å². The second-order valence-electron chi connectivity index (χ2n) is 6.04. The highest BCUT2D eigenvalue weighted by molar-refractivity contribution is 5.68. The predicted molar refractivity (Wildman–Crippen MR) is 73.3 cm³/mol. The van der Waals surface area contributed by atoms with Crippen molar-refractivity contribution in [2.45, 2.75) is 51.7 Å². The van der Waals surface area contributed by atoms with E-state index < -0.39 is 5.60 Å². The third kappa shape index (κ3) is 3.88. The van der Waals surface area contributed by atoms with Crippen LogP contribution in [-0.2, 0) is 17.6 Å². The highest BCUT2D eigenvalue weighted by Gasteiger charge is 2.23. The third-order valence-corrected chi connectivity index (χ3v) is 3.14. The van der Waals surface area contributed by atoms with E-state index in [-0.39, 0.29) is 12.1 Å². The van der Waals surface area contributed by atoms with E-state index in [0.717, 1.165) is 19.3 Å². The largest absolute Gasteiger partial charge is 0.508 e. The van der Waals surface area contributed by atoms with E-state index in [1.54, 1.807) is 12.1 Å². The molecule has 1 amide bonds. The molecule has 0 saturated carbocycles.